The van der Waals surface area contributed by atoms with E-state index in [-0.39, 0.29) is 10.9 Å². The maximum absolute atomic E-state index is 11.9. The average Bonchev–Trinajstić information content (AvgIpc) is 2.41. The van der Waals surface area contributed by atoms with Crippen LogP contribution in [0.5, 0.6) is 0 Å². The fourth-order valence-corrected chi connectivity index (χ4v) is 4.69. The van der Waals surface area contributed by atoms with E-state index in [2.05, 4.69) is 6.92 Å². The number of likely N-dealkylation sites (N-methyl/N-ethyl adjacent to an activating group) is 1. The molecule has 0 aromatic rings. The molecular formula is C17H36NO5P. The third-order valence-corrected chi connectivity index (χ3v) is 6.77. The second-order valence-electron chi connectivity index (χ2n) is 7.59. The van der Waals surface area contributed by atoms with Gasteiger partial charge >= 0.3 is 7.60 Å². The highest BCUT2D eigenvalue weighted by molar-refractivity contribution is 7.54. The van der Waals surface area contributed by atoms with Crippen molar-refractivity contribution in [3.05, 3.63) is 0 Å². The monoisotopic (exact) mass is 365 g/mol. The first-order chi connectivity index (χ1) is 11.0. The van der Waals surface area contributed by atoms with Crippen LogP contribution < -0.4 is 5.11 Å². The lowest BCUT2D eigenvalue weighted by molar-refractivity contribution is -0.902. The van der Waals surface area contributed by atoms with E-state index in [1.807, 2.05) is 0 Å². The van der Waals surface area contributed by atoms with Crippen molar-refractivity contribution in [2.75, 3.05) is 21.1 Å². The maximum Gasteiger partial charge on any atom is 0.391 e. The van der Waals surface area contributed by atoms with Gasteiger partial charge in [0.2, 0.25) is 5.28 Å². The molecule has 1 unspecified atom stereocenters. The van der Waals surface area contributed by atoms with Crippen molar-refractivity contribution in [3.8, 4) is 0 Å². The molecule has 0 aliphatic heterocycles. The number of hydrogen-bond donors (Lipinski definition) is 2. The van der Waals surface area contributed by atoms with E-state index in [0.717, 1.165) is 19.3 Å². The van der Waals surface area contributed by atoms with Crippen molar-refractivity contribution in [1.29, 1.82) is 0 Å². The van der Waals surface area contributed by atoms with Gasteiger partial charge in [0.15, 0.2) is 0 Å². The SMILES string of the molecule is CCCCCCCCCCCCC(C(=O)[O-])([N+](C)(C)C)P(=O)(O)O. The highest BCUT2D eigenvalue weighted by Crippen LogP contribution is 2.56. The van der Waals surface area contributed by atoms with Crippen molar-refractivity contribution in [1.82, 2.24) is 0 Å². The van der Waals surface area contributed by atoms with Gasteiger partial charge in [-0.2, -0.15) is 0 Å². The summed E-state index contributed by atoms with van der Waals surface area (Å²) in [6, 6.07) is 0. The van der Waals surface area contributed by atoms with Gasteiger partial charge in [0, 0.05) is 6.42 Å². The predicted molar refractivity (Wildman–Crippen MR) is 94.3 cm³/mol. The number of carboxylic acid groups (broad SMARTS) is 1. The number of carbonyl (C=O) groups excluding carboxylic acids is 1. The summed E-state index contributed by atoms with van der Waals surface area (Å²) in [6.07, 6.45) is 10.7. The van der Waals surface area contributed by atoms with Crippen LogP contribution in [-0.4, -0.2) is 46.7 Å². The Morgan fingerprint density at radius 2 is 1.29 bits per heavy atom. The first-order valence-corrected chi connectivity index (χ1v) is 10.7. The fourth-order valence-electron chi connectivity index (χ4n) is 3.23. The molecule has 0 aromatic carbocycles. The molecule has 24 heavy (non-hydrogen) atoms. The summed E-state index contributed by atoms with van der Waals surface area (Å²) in [4.78, 5) is 30.9. The number of carboxylic acids is 1. The van der Waals surface area contributed by atoms with Gasteiger partial charge in [0.1, 0.15) is 5.97 Å². The van der Waals surface area contributed by atoms with E-state index in [9.17, 15) is 24.3 Å². The molecule has 1 atom stereocenters. The summed E-state index contributed by atoms with van der Waals surface area (Å²) in [6.45, 7) is 2.20. The third-order valence-electron chi connectivity index (χ3n) is 4.80. The van der Waals surface area contributed by atoms with Crippen LogP contribution in [0, 0.1) is 0 Å². The van der Waals surface area contributed by atoms with Crippen LogP contribution in [0.25, 0.3) is 0 Å². The number of aliphatic carboxylic acids is 1. The molecule has 0 fully saturated rings. The lowest BCUT2D eigenvalue weighted by Gasteiger charge is -2.46. The molecule has 6 nitrogen and oxygen atoms in total. The molecule has 2 N–H and O–H groups in total. The highest BCUT2D eigenvalue weighted by atomic mass is 31.2. The Balaban J connectivity index is 4.33. The van der Waals surface area contributed by atoms with Crippen molar-refractivity contribution >= 4 is 13.6 Å². The summed E-state index contributed by atoms with van der Waals surface area (Å²) in [5, 5.41) is 9.41. The van der Waals surface area contributed by atoms with Crippen molar-refractivity contribution in [2.24, 2.45) is 0 Å². The number of quaternary nitrogens is 1. The molecule has 0 radical (unpaired) electrons. The number of carbonyl (C=O) groups is 1. The molecule has 0 heterocycles. The van der Waals surface area contributed by atoms with Crippen molar-refractivity contribution in [3.63, 3.8) is 0 Å². The van der Waals surface area contributed by atoms with E-state index in [4.69, 9.17) is 0 Å². The first kappa shape index (κ1) is 23.6. The Morgan fingerprint density at radius 3 is 1.58 bits per heavy atom. The van der Waals surface area contributed by atoms with Crippen LogP contribution in [0.2, 0.25) is 0 Å². The summed E-state index contributed by atoms with van der Waals surface area (Å²) in [7, 11) is -0.378. The number of nitrogens with zero attached hydrogens (tertiary/aromatic N) is 1. The van der Waals surface area contributed by atoms with Gasteiger partial charge in [0.05, 0.1) is 21.1 Å². The lowest BCUT2D eigenvalue weighted by Crippen LogP contribution is -2.65. The second-order valence-corrected chi connectivity index (χ2v) is 9.42. The Morgan fingerprint density at radius 1 is 0.917 bits per heavy atom. The molecule has 7 heteroatoms. The normalized spacial score (nSPS) is 15.2. The number of unbranched alkanes of at least 4 members (excludes halogenated alkanes) is 9. The highest BCUT2D eigenvalue weighted by Gasteiger charge is 2.58. The van der Waals surface area contributed by atoms with Gasteiger partial charge in [-0.1, -0.05) is 64.7 Å². The van der Waals surface area contributed by atoms with E-state index >= 15 is 0 Å². The maximum atomic E-state index is 11.9. The zero-order valence-corrected chi connectivity index (χ0v) is 16.7. The topological polar surface area (TPSA) is 97.7 Å². The molecule has 0 rings (SSSR count). The molecule has 0 bridgehead atoms. The molecule has 0 saturated heterocycles. The molecule has 0 saturated carbocycles. The average molecular weight is 365 g/mol. The van der Waals surface area contributed by atoms with E-state index in [1.54, 1.807) is 0 Å². The van der Waals surface area contributed by atoms with Crippen LogP contribution >= 0.6 is 7.60 Å². The van der Waals surface area contributed by atoms with Gasteiger partial charge in [-0.05, 0) is 6.42 Å². The van der Waals surface area contributed by atoms with Crippen LogP contribution in [0.4, 0.5) is 0 Å². The fraction of sp³-hybridized carbons (Fsp3) is 0.941. The van der Waals surface area contributed by atoms with Crippen molar-refractivity contribution in [2.45, 2.75) is 82.8 Å². The largest absolute Gasteiger partial charge is 0.543 e. The van der Waals surface area contributed by atoms with Gasteiger partial charge in [0.25, 0.3) is 0 Å². The summed E-state index contributed by atoms with van der Waals surface area (Å²) < 4.78 is 11.5. The Kier molecular flexibility index (Phi) is 10.4. The summed E-state index contributed by atoms with van der Waals surface area (Å²) in [5.41, 5.74) is 0. The zero-order chi connectivity index (χ0) is 18.9. The minimum absolute atomic E-state index is 0.0698. The molecule has 0 aromatic heterocycles. The van der Waals surface area contributed by atoms with Crippen LogP contribution in [0.3, 0.4) is 0 Å². The first-order valence-electron chi connectivity index (χ1n) is 9.09. The van der Waals surface area contributed by atoms with Crippen LogP contribution in [-0.2, 0) is 9.36 Å². The number of rotatable bonds is 14. The molecule has 0 spiro atoms. The molecule has 0 aliphatic carbocycles. The second kappa shape index (κ2) is 10.5. The molecule has 0 aliphatic rings. The molecular weight excluding hydrogens is 329 g/mol. The lowest BCUT2D eigenvalue weighted by atomic mass is 10.0. The Hall–Kier alpha value is -0.420. The standard InChI is InChI=1S/C17H36NO5P/c1-5-6-7-8-9-10-11-12-13-14-15-17(16(19)20,18(2,3)4)24(21,22)23/h5-15H2,1-4H3,(H2-,19,20,21,22,23). The summed E-state index contributed by atoms with van der Waals surface area (Å²) >= 11 is 0. The van der Waals surface area contributed by atoms with Crippen LogP contribution in [0.15, 0.2) is 0 Å². The van der Waals surface area contributed by atoms with E-state index in [1.165, 1.54) is 59.7 Å². The van der Waals surface area contributed by atoms with E-state index in [0.29, 0.717) is 6.42 Å². The predicted octanol–water partition coefficient (Wildman–Crippen LogP) is 2.63. The number of hydrogen-bond acceptors (Lipinski definition) is 3. The Labute approximate surface area is 147 Å². The van der Waals surface area contributed by atoms with Gasteiger partial charge < -0.3 is 24.2 Å². The minimum Gasteiger partial charge on any atom is -0.543 e. The minimum atomic E-state index is -4.85. The van der Waals surface area contributed by atoms with Gasteiger partial charge in [-0.25, -0.2) is 0 Å². The van der Waals surface area contributed by atoms with E-state index < -0.39 is 18.8 Å². The zero-order valence-electron chi connectivity index (χ0n) is 15.8. The molecule has 0 amide bonds. The third kappa shape index (κ3) is 6.83. The quantitative estimate of drug-likeness (QED) is 0.280. The summed E-state index contributed by atoms with van der Waals surface area (Å²) in [5.74, 6) is -1.67. The smallest absolute Gasteiger partial charge is 0.391 e. The van der Waals surface area contributed by atoms with Crippen molar-refractivity contribution < 1.29 is 28.7 Å². The Bertz CT molecular complexity index is 416. The molecule has 144 valence electrons. The van der Waals surface area contributed by atoms with Crippen LogP contribution in [0.1, 0.15) is 77.6 Å². The van der Waals surface area contributed by atoms with Gasteiger partial charge in [-0.15, -0.1) is 0 Å². The van der Waals surface area contributed by atoms with Gasteiger partial charge in [-0.3, -0.25) is 4.57 Å².